The highest BCUT2D eigenvalue weighted by molar-refractivity contribution is 5.17. The molecule has 0 aromatic heterocycles. The van der Waals surface area contributed by atoms with Crippen LogP contribution in [0.5, 0.6) is 0 Å². The van der Waals surface area contributed by atoms with Crippen molar-refractivity contribution in [3.05, 3.63) is 24.3 Å². The van der Waals surface area contributed by atoms with Gasteiger partial charge in [-0.05, 0) is 38.0 Å². The molecule has 1 aliphatic rings. The van der Waals surface area contributed by atoms with Gasteiger partial charge >= 0.3 is 0 Å². The predicted molar refractivity (Wildman–Crippen MR) is 61.2 cm³/mol. The van der Waals surface area contributed by atoms with Crippen LogP contribution in [0.2, 0.25) is 0 Å². The Balaban J connectivity index is 2.77. The first kappa shape index (κ1) is 11.5. The number of rotatable bonds is 3. The highest BCUT2D eigenvalue weighted by Gasteiger charge is 2.36. The van der Waals surface area contributed by atoms with Crippen LogP contribution in [0.15, 0.2) is 24.3 Å². The van der Waals surface area contributed by atoms with Crippen molar-refractivity contribution in [2.75, 3.05) is 0 Å². The summed E-state index contributed by atoms with van der Waals surface area (Å²) in [4.78, 5) is 0. The van der Waals surface area contributed by atoms with E-state index in [4.69, 9.17) is 0 Å². The van der Waals surface area contributed by atoms with Gasteiger partial charge in [-0.15, -0.1) is 6.58 Å². The van der Waals surface area contributed by atoms with Gasteiger partial charge in [-0.25, -0.2) is 0 Å². The molecular weight excluding hydrogens is 172 g/mol. The van der Waals surface area contributed by atoms with Crippen molar-refractivity contribution in [3.63, 3.8) is 0 Å². The molecule has 0 saturated heterocycles. The Labute approximate surface area is 87.5 Å². The van der Waals surface area contributed by atoms with Gasteiger partial charge in [0.2, 0.25) is 0 Å². The van der Waals surface area contributed by atoms with Crippen LogP contribution in [0.25, 0.3) is 0 Å². The number of aliphatic hydroxyl groups is 1. The van der Waals surface area contributed by atoms with Crippen molar-refractivity contribution >= 4 is 0 Å². The topological polar surface area (TPSA) is 20.2 Å². The maximum absolute atomic E-state index is 10.4. The lowest BCUT2D eigenvalue weighted by atomic mass is 9.70. The number of hydrogen-bond acceptors (Lipinski definition) is 1. The first-order valence-corrected chi connectivity index (χ1v) is 5.39. The predicted octanol–water partition coefficient (Wildman–Crippen LogP) is 3.45. The summed E-state index contributed by atoms with van der Waals surface area (Å²) in [6.07, 6.45) is 7.58. The minimum absolute atomic E-state index is 0.231. The quantitative estimate of drug-likeness (QED) is 0.682. The average Bonchev–Trinajstić information content (AvgIpc) is 1.96. The molecule has 1 heteroatoms. The second-order valence-electron chi connectivity index (χ2n) is 5.44. The van der Waals surface area contributed by atoms with Gasteiger partial charge in [0.05, 0.1) is 5.60 Å². The van der Waals surface area contributed by atoms with Gasteiger partial charge in [0.1, 0.15) is 0 Å². The van der Waals surface area contributed by atoms with Crippen molar-refractivity contribution < 1.29 is 5.11 Å². The summed E-state index contributed by atoms with van der Waals surface area (Å²) in [5.74, 6) is 0. The lowest BCUT2D eigenvalue weighted by molar-refractivity contribution is 0.0246. The third-order valence-electron chi connectivity index (χ3n) is 2.84. The van der Waals surface area contributed by atoms with Gasteiger partial charge in [0.25, 0.3) is 0 Å². The van der Waals surface area contributed by atoms with E-state index in [0.29, 0.717) is 0 Å². The molecule has 0 radical (unpaired) electrons. The molecule has 0 saturated carbocycles. The Bertz CT molecular complexity index is 250. The van der Waals surface area contributed by atoms with Crippen LogP contribution in [-0.2, 0) is 0 Å². The normalized spacial score (nSPS) is 31.0. The monoisotopic (exact) mass is 194 g/mol. The second kappa shape index (κ2) is 3.90. The molecule has 0 amide bonds. The molecule has 1 N–H and O–H groups in total. The molecule has 1 atom stereocenters. The average molecular weight is 194 g/mol. The summed E-state index contributed by atoms with van der Waals surface area (Å²) >= 11 is 0. The standard InChI is InChI=1S/C13H22O/c1-5-6-7-13(14)9-11(2)8-12(3,4)10-13/h5,9,14H,1,6-8,10H2,2-4H3. The van der Waals surface area contributed by atoms with Gasteiger partial charge in [0.15, 0.2) is 0 Å². The number of allylic oxidation sites excluding steroid dienone is 2. The third kappa shape index (κ3) is 2.98. The SMILES string of the molecule is C=CCCC1(O)C=C(C)CC(C)(C)C1. The smallest absolute Gasteiger partial charge is 0.0838 e. The van der Waals surface area contributed by atoms with E-state index in [0.717, 1.165) is 25.7 Å². The fraction of sp³-hybridized carbons (Fsp3) is 0.692. The van der Waals surface area contributed by atoms with E-state index in [-0.39, 0.29) is 5.41 Å². The van der Waals surface area contributed by atoms with E-state index in [2.05, 4.69) is 27.4 Å². The van der Waals surface area contributed by atoms with Crippen LogP contribution >= 0.6 is 0 Å². The molecule has 0 heterocycles. The zero-order valence-electron chi connectivity index (χ0n) is 9.64. The number of hydrogen-bond donors (Lipinski definition) is 1. The highest BCUT2D eigenvalue weighted by Crippen LogP contribution is 2.41. The molecule has 1 nitrogen and oxygen atoms in total. The molecule has 0 aromatic rings. The lowest BCUT2D eigenvalue weighted by Crippen LogP contribution is -2.36. The Hall–Kier alpha value is -0.560. The highest BCUT2D eigenvalue weighted by atomic mass is 16.3. The van der Waals surface area contributed by atoms with Crippen molar-refractivity contribution in [2.24, 2.45) is 5.41 Å². The van der Waals surface area contributed by atoms with Crippen LogP contribution in [0, 0.1) is 5.41 Å². The molecule has 0 aliphatic heterocycles. The largest absolute Gasteiger partial charge is 0.386 e. The molecule has 1 rings (SSSR count). The Morgan fingerprint density at radius 2 is 2.21 bits per heavy atom. The second-order valence-corrected chi connectivity index (χ2v) is 5.44. The molecule has 0 bridgehead atoms. The molecule has 0 spiro atoms. The van der Waals surface area contributed by atoms with E-state index in [1.165, 1.54) is 5.57 Å². The van der Waals surface area contributed by atoms with Crippen molar-refractivity contribution in [3.8, 4) is 0 Å². The summed E-state index contributed by atoms with van der Waals surface area (Å²) < 4.78 is 0. The van der Waals surface area contributed by atoms with Crippen molar-refractivity contribution in [1.82, 2.24) is 0 Å². The van der Waals surface area contributed by atoms with Crippen molar-refractivity contribution in [1.29, 1.82) is 0 Å². The Morgan fingerprint density at radius 3 is 2.71 bits per heavy atom. The van der Waals surface area contributed by atoms with E-state index in [1.807, 2.05) is 12.2 Å². The third-order valence-corrected chi connectivity index (χ3v) is 2.84. The summed E-state index contributed by atoms with van der Waals surface area (Å²) in [6, 6.07) is 0. The first-order valence-electron chi connectivity index (χ1n) is 5.39. The van der Waals surface area contributed by atoms with Gasteiger partial charge < -0.3 is 5.11 Å². The summed E-state index contributed by atoms with van der Waals surface area (Å²) in [6.45, 7) is 10.3. The molecule has 0 aromatic carbocycles. The summed E-state index contributed by atoms with van der Waals surface area (Å²) in [5, 5.41) is 10.4. The van der Waals surface area contributed by atoms with Crippen LogP contribution in [0.3, 0.4) is 0 Å². The minimum Gasteiger partial charge on any atom is -0.386 e. The zero-order chi connectivity index (χ0) is 10.8. The fourth-order valence-corrected chi connectivity index (χ4v) is 2.72. The minimum atomic E-state index is -0.597. The Kier molecular flexibility index (Phi) is 3.20. The maximum atomic E-state index is 10.4. The van der Waals surface area contributed by atoms with Gasteiger partial charge in [-0.1, -0.05) is 31.6 Å². The van der Waals surface area contributed by atoms with Gasteiger partial charge in [-0.2, -0.15) is 0 Å². The lowest BCUT2D eigenvalue weighted by Gasteiger charge is -2.39. The molecular formula is C13H22O. The van der Waals surface area contributed by atoms with Crippen molar-refractivity contribution in [2.45, 2.75) is 52.1 Å². The molecule has 14 heavy (non-hydrogen) atoms. The van der Waals surface area contributed by atoms with Gasteiger partial charge in [0, 0.05) is 0 Å². The molecule has 0 fully saturated rings. The summed E-state index contributed by atoms with van der Waals surface area (Å²) in [5.41, 5.74) is 0.946. The summed E-state index contributed by atoms with van der Waals surface area (Å²) in [7, 11) is 0. The van der Waals surface area contributed by atoms with E-state index < -0.39 is 5.60 Å². The fourth-order valence-electron chi connectivity index (χ4n) is 2.72. The van der Waals surface area contributed by atoms with E-state index in [1.54, 1.807) is 0 Å². The van der Waals surface area contributed by atoms with Gasteiger partial charge in [-0.3, -0.25) is 0 Å². The first-order chi connectivity index (χ1) is 6.37. The van der Waals surface area contributed by atoms with E-state index in [9.17, 15) is 5.11 Å². The molecule has 1 unspecified atom stereocenters. The van der Waals surface area contributed by atoms with Crippen LogP contribution in [-0.4, -0.2) is 10.7 Å². The van der Waals surface area contributed by atoms with E-state index >= 15 is 0 Å². The Morgan fingerprint density at radius 1 is 1.57 bits per heavy atom. The molecule has 80 valence electrons. The van der Waals surface area contributed by atoms with Crippen LogP contribution < -0.4 is 0 Å². The zero-order valence-corrected chi connectivity index (χ0v) is 9.64. The maximum Gasteiger partial charge on any atom is 0.0838 e. The van der Waals surface area contributed by atoms with Crippen LogP contribution in [0.1, 0.15) is 46.5 Å². The van der Waals surface area contributed by atoms with Crippen LogP contribution in [0.4, 0.5) is 0 Å². The molecule has 1 aliphatic carbocycles.